The van der Waals surface area contributed by atoms with Crippen LogP contribution in [0.1, 0.15) is 31.3 Å². The topological polar surface area (TPSA) is 86.3 Å². The van der Waals surface area contributed by atoms with Gasteiger partial charge in [-0.05, 0) is 39.0 Å². The summed E-state index contributed by atoms with van der Waals surface area (Å²) < 4.78 is 16.0. The van der Waals surface area contributed by atoms with Crippen molar-refractivity contribution in [1.82, 2.24) is 15.4 Å². The van der Waals surface area contributed by atoms with Crippen LogP contribution in [0.3, 0.4) is 0 Å². The normalized spacial score (nSPS) is 10.6. The van der Waals surface area contributed by atoms with Crippen molar-refractivity contribution < 1.29 is 19.0 Å². The number of aromatic nitrogens is 3. The zero-order chi connectivity index (χ0) is 16.1. The minimum Gasteiger partial charge on any atom is -0.493 e. The third-order valence-corrected chi connectivity index (χ3v) is 2.82. The van der Waals surface area contributed by atoms with Crippen LogP contribution in [0.15, 0.2) is 18.2 Å². The lowest BCUT2D eigenvalue weighted by molar-refractivity contribution is 0.0520. The van der Waals surface area contributed by atoms with E-state index >= 15 is 0 Å². The summed E-state index contributed by atoms with van der Waals surface area (Å²) in [4.78, 5) is 11.9. The summed E-state index contributed by atoms with van der Waals surface area (Å²) in [5.74, 6) is 0.667. The van der Waals surface area contributed by atoms with Crippen LogP contribution in [0.2, 0.25) is 0 Å². The average Bonchev–Trinajstić information content (AvgIpc) is 2.96. The first-order valence-electron chi connectivity index (χ1n) is 6.99. The van der Waals surface area contributed by atoms with Gasteiger partial charge in [0.15, 0.2) is 17.2 Å². The number of nitrogens with one attached hydrogen (secondary N) is 1. The van der Waals surface area contributed by atoms with E-state index in [9.17, 15) is 4.79 Å². The Balaban J connectivity index is 2.41. The molecule has 0 aliphatic rings. The Bertz CT molecular complexity index is 652. The molecule has 0 aliphatic carbocycles. The first-order valence-corrected chi connectivity index (χ1v) is 6.99. The Morgan fingerprint density at radius 2 is 2.05 bits per heavy atom. The van der Waals surface area contributed by atoms with E-state index in [1.807, 2.05) is 13.8 Å². The van der Waals surface area contributed by atoms with Crippen LogP contribution >= 0.6 is 0 Å². The molecule has 0 fully saturated rings. The molecule has 118 valence electrons. The van der Waals surface area contributed by atoms with Gasteiger partial charge in [-0.1, -0.05) is 0 Å². The monoisotopic (exact) mass is 305 g/mol. The number of H-pyrrole nitrogens is 1. The van der Waals surface area contributed by atoms with Crippen molar-refractivity contribution in [2.75, 3.05) is 13.7 Å². The van der Waals surface area contributed by atoms with Crippen LogP contribution in [0.25, 0.3) is 11.3 Å². The zero-order valence-corrected chi connectivity index (χ0v) is 13.0. The summed E-state index contributed by atoms with van der Waals surface area (Å²) in [5, 5.41) is 10.3. The highest BCUT2D eigenvalue weighted by molar-refractivity contribution is 5.94. The van der Waals surface area contributed by atoms with Gasteiger partial charge in [-0.2, -0.15) is 10.3 Å². The summed E-state index contributed by atoms with van der Waals surface area (Å²) in [5.41, 5.74) is 1.24. The van der Waals surface area contributed by atoms with E-state index in [1.165, 1.54) is 0 Å². The number of hydrogen-bond acceptors (Lipinski definition) is 6. The molecule has 0 aliphatic heterocycles. The third-order valence-electron chi connectivity index (χ3n) is 2.82. The van der Waals surface area contributed by atoms with E-state index in [0.29, 0.717) is 22.8 Å². The van der Waals surface area contributed by atoms with E-state index in [1.54, 1.807) is 32.2 Å². The molecule has 1 aromatic carbocycles. The van der Waals surface area contributed by atoms with Crippen molar-refractivity contribution in [2.24, 2.45) is 0 Å². The number of ether oxygens (including phenoxy) is 3. The highest BCUT2D eigenvalue weighted by Crippen LogP contribution is 2.33. The Kier molecular flexibility index (Phi) is 4.98. The van der Waals surface area contributed by atoms with Gasteiger partial charge in [0.2, 0.25) is 0 Å². The lowest BCUT2D eigenvalue weighted by Crippen LogP contribution is -2.08. The molecule has 7 heteroatoms. The molecule has 0 radical (unpaired) electrons. The molecule has 7 nitrogen and oxygen atoms in total. The number of methoxy groups -OCH3 is 1. The molecule has 1 N–H and O–H groups in total. The third kappa shape index (κ3) is 3.36. The summed E-state index contributed by atoms with van der Waals surface area (Å²) >= 11 is 0. The molecule has 0 bridgehead atoms. The first kappa shape index (κ1) is 15.8. The maximum absolute atomic E-state index is 11.9. The second-order valence-electron chi connectivity index (χ2n) is 4.77. The minimum atomic E-state index is -0.520. The average molecular weight is 305 g/mol. The predicted octanol–water partition coefficient (Wildman–Crippen LogP) is 2.44. The van der Waals surface area contributed by atoms with E-state index in [-0.39, 0.29) is 18.4 Å². The molecule has 2 rings (SSSR count). The molecule has 0 unspecified atom stereocenters. The highest BCUT2D eigenvalue weighted by atomic mass is 16.5. The maximum atomic E-state index is 11.9. The molecule has 0 saturated carbocycles. The fraction of sp³-hybridized carbons (Fsp3) is 0.400. The van der Waals surface area contributed by atoms with Crippen LogP contribution in [0.5, 0.6) is 11.5 Å². The van der Waals surface area contributed by atoms with Crippen molar-refractivity contribution in [3.63, 3.8) is 0 Å². The smallest absolute Gasteiger partial charge is 0.361 e. The van der Waals surface area contributed by atoms with Crippen LogP contribution in [0, 0.1) is 0 Å². The molecule has 2 aromatic rings. The standard InChI is InChI=1S/C15H19N3O4/c1-5-21-15(19)14-13(16-18-17-14)10-6-7-11(20-4)12(8-10)22-9(2)3/h6-9H,5H2,1-4H3,(H,16,17,18). The van der Waals surface area contributed by atoms with Crippen LogP contribution in [-0.4, -0.2) is 41.2 Å². The van der Waals surface area contributed by atoms with E-state index < -0.39 is 5.97 Å². The maximum Gasteiger partial charge on any atom is 0.361 e. The van der Waals surface area contributed by atoms with E-state index in [4.69, 9.17) is 14.2 Å². The molecule has 1 heterocycles. The molecule has 0 saturated heterocycles. The number of benzene rings is 1. The van der Waals surface area contributed by atoms with Crippen molar-refractivity contribution in [3.8, 4) is 22.8 Å². The van der Waals surface area contributed by atoms with Gasteiger partial charge < -0.3 is 14.2 Å². The largest absolute Gasteiger partial charge is 0.493 e. The van der Waals surface area contributed by atoms with Crippen molar-refractivity contribution in [2.45, 2.75) is 26.9 Å². The number of carbonyl (C=O) groups excluding carboxylic acids is 1. The minimum absolute atomic E-state index is 0.00835. The van der Waals surface area contributed by atoms with E-state index in [2.05, 4.69) is 15.4 Å². The molecule has 0 spiro atoms. The van der Waals surface area contributed by atoms with Gasteiger partial charge in [-0.3, -0.25) is 0 Å². The Morgan fingerprint density at radius 1 is 1.27 bits per heavy atom. The van der Waals surface area contributed by atoms with Crippen molar-refractivity contribution in [1.29, 1.82) is 0 Å². The van der Waals surface area contributed by atoms with Crippen molar-refractivity contribution in [3.05, 3.63) is 23.9 Å². The molecular formula is C15H19N3O4. The lowest BCUT2D eigenvalue weighted by Gasteiger charge is -2.14. The Morgan fingerprint density at radius 3 is 2.68 bits per heavy atom. The van der Waals surface area contributed by atoms with E-state index in [0.717, 1.165) is 0 Å². The number of carbonyl (C=O) groups is 1. The molecule has 0 atom stereocenters. The van der Waals surface area contributed by atoms with Crippen LogP contribution in [0.4, 0.5) is 0 Å². The van der Waals surface area contributed by atoms with Gasteiger partial charge in [0.05, 0.1) is 19.8 Å². The summed E-state index contributed by atoms with van der Waals surface area (Å²) in [6.45, 7) is 5.85. The first-order chi connectivity index (χ1) is 10.6. The second-order valence-corrected chi connectivity index (χ2v) is 4.77. The molecule has 1 aromatic heterocycles. The lowest BCUT2D eigenvalue weighted by atomic mass is 10.1. The second kappa shape index (κ2) is 6.93. The molecular weight excluding hydrogens is 286 g/mol. The predicted molar refractivity (Wildman–Crippen MR) is 80.1 cm³/mol. The van der Waals surface area contributed by atoms with Gasteiger partial charge in [-0.15, -0.1) is 5.10 Å². The number of esters is 1. The Labute approximate surface area is 128 Å². The molecule has 22 heavy (non-hydrogen) atoms. The van der Waals surface area contributed by atoms with Crippen LogP contribution < -0.4 is 9.47 Å². The van der Waals surface area contributed by atoms with Crippen molar-refractivity contribution >= 4 is 5.97 Å². The van der Waals surface area contributed by atoms with Gasteiger partial charge in [0.1, 0.15) is 5.69 Å². The fourth-order valence-corrected chi connectivity index (χ4v) is 1.94. The summed E-state index contributed by atoms with van der Waals surface area (Å²) in [6.07, 6.45) is -0.00835. The quantitative estimate of drug-likeness (QED) is 0.825. The highest BCUT2D eigenvalue weighted by Gasteiger charge is 2.20. The van der Waals surface area contributed by atoms with Gasteiger partial charge in [0.25, 0.3) is 0 Å². The van der Waals surface area contributed by atoms with Gasteiger partial charge in [0, 0.05) is 5.56 Å². The number of aromatic amines is 1. The SMILES string of the molecule is CCOC(=O)c1n[nH]nc1-c1ccc(OC)c(OC(C)C)c1. The summed E-state index contributed by atoms with van der Waals surface area (Å²) in [7, 11) is 1.57. The fourth-order valence-electron chi connectivity index (χ4n) is 1.94. The Hall–Kier alpha value is -2.57. The van der Waals surface area contributed by atoms with Gasteiger partial charge in [-0.25, -0.2) is 4.79 Å². The summed E-state index contributed by atoms with van der Waals surface area (Å²) in [6, 6.07) is 5.31. The molecule has 0 amide bonds. The number of rotatable bonds is 6. The number of nitrogens with zero attached hydrogens (tertiary/aromatic N) is 2. The van der Waals surface area contributed by atoms with Crippen LogP contribution in [-0.2, 0) is 4.74 Å². The van der Waals surface area contributed by atoms with Gasteiger partial charge >= 0.3 is 5.97 Å². The number of hydrogen-bond donors (Lipinski definition) is 1. The zero-order valence-electron chi connectivity index (χ0n) is 13.0.